The Morgan fingerprint density at radius 3 is 2.43 bits per heavy atom. The van der Waals surface area contributed by atoms with Crippen molar-refractivity contribution in [2.24, 2.45) is 10.2 Å². The third-order valence-corrected chi connectivity index (χ3v) is 3.17. The van der Waals surface area contributed by atoms with E-state index in [0.29, 0.717) is 22.0 Å². The molecule has 0 bridgehead atoms. The SMILES string of the molecule is CCOC(=O)CC(=O)c1ccccc1N=Nc1ccc(Cl)cc1. The average Bonchev–Trinajstić information content (AvgIpc) is 2.55. The zero-order chi connectivity index (χ0) is 16.7. The number of Topliss-reactive ketones (excluding diaryl/α,β-unsaturated/α-hetero) is 1. The molecule has 0 unspecified atom stereocenters. The number of carbonyl (C=O) groups is 2. The van der Waals surface area contributed by atoms with Gasteiger partial charge in [-0.1, -0.05) is 23.7 Å². The summed E-state index contributed by atoms with van der Waals surface area (Å²) < 4.78 is 4.79. The summed E-state index contributed by atoms with van der Waals surface area (Å²) in [4.78, 5) is 23.6. The summed E-state index contributed by atoms with van der Waals surface area (Å²) in [6, 6.07) is 13.6. The lowest BCUT2D eigenvalue weighted by atomic mass is 10.1. The van der Waals surface area contributed by atoms with Crippen molar-refractivity contribution in [1.82, 2.24) is 0 Å². The summed E-state index contributed by atoms with van der Waals surface area (Å²) in [5.41, 5.74) is 1.34. The van der Waals surface area contributed by atoms with Crippen LogP contribution in [0.3, 0.4) is 0 Å². The standard InChI is InChI=1S/C17H15ClN2O3/c1-2-23-17(22)11-16(21)14-5-3-4-6-15(14)20-19-13-9-7-12(18)8-10-13/h3-10H,2,11H2,1H3. The van der Waals surface area contributed by atoms with Gasteiger partial charge in [0.15, 0.2) is 5.78 Å². The van der Waals surface area contributed by atoms with Gasteiger partial charge >= 0.3 is 5.97 Å². The summed E-state index contributed by atoms with van der Waals surface area (Å²) in [6.45, 7) is 1.93. The molecule has 0 aromatic heterocycles. The average molecular weight is 331 g/mol. The topological polar surface area (TPSA) is 68.1 Å². The molecule has 0 heterocycles. The molecule has 0 saturated carbocycles. The summed E-state index contributed by atoms with van der Waals surface area (Å²) in [7, 11) is 0. The molecule has 0 amide bonds. The number of benzene rings is 2. The Hall–Kier alpha value is -2.53. The van der Waals surface area contributed by atoms with E-state index < -0.39 is 5.97 Å². The van der Waals surface area contributed by atoms with Crippen LogP contribution in [-0.2, 0) is 9.53 Å². The molecule has 0 aliphatic heterocycles. The van der Waals surface area contributed by atoms with Crippen molar-refractivity contribution >= 4 is 34.7 Å². The molecule has 2 aromatic rings. The van der Waals surface area contributed by atoms with Crippen LogP contribution in [0, 0.1) is 0 Å². The van der Waals surface area contributed by atoms with Gasteiger partial charge in [0.2, 0.25) is 0 Å². The number of azo groups is 1. The van der Waals surface area contributed by atoms with E-state index in [0.717, 1.165) is 0 Å². The molecule has 5 nitrogen and oxygen atoms in total. The molecule has 0 radical (unpaired) electrons. The summed E-state index contributed by atoms with van der Waals surface area (Å²) in [5, 5.41) is 8.77. The third-order valence-electron chi connectivity index (χ3n) is 2.91. The third kappa shape index (κ3) is 5.00. The Labute approximate surface area is 138 Å². The molecule has 0 fully saturated rings. The fourth-order valence-corrected chi connectivity index (χ4v) is 1.98. The van der Waals surface area contributed by atoms with Crippen LogP contribution in [-0.4, -0.2) is 18.4 Å². The Bertz CT molecular complexity index is 727. The van der Waals surface area contributed by atoms with Crippen molar-refractivity contribution in [2.45, 2.75) is 13.3 Å². The van der Waals surface area contributed by atoms with Crippen LogP contribution in [0.15, 0.2) is 58.8 Å². The first-order valence-electron chi connectivity index (χ1n) is 7.05. The minimum absolute atomic E-state index is 0.240. The molecule has 2 rings (SSSR count). The number of carbonyl (C=O) groups excluding carboxylic acids is 2. The maximum Gasteiger partial charge on any atom is 0.313 e. The molecular weight excluding hydrogens is 316 g/mol. The molecule has 0 spiro atoms. The minimum atomic E-state index is -0.554. The van der Waals surface area contributed by atoms with Crippen LogP contribution in [0.1, 0.15) is 23.7 Å². The number of ketones is 1. The van der Waals surface area contributed by atoms with Crippen molar-refractivity contribution < 1.29 is 14.3 Å². The lowest BCUT2D eigenvalue weighted by Crippen LogP contribution is -2.11. The van der Waals surface area contributed by atoms with Crippen molar-refractivity contribution in [3.05, 3.63) is 59.1 Å². The highest BCUT2D eigenvalue weighted by Crippen LogP contribution is 2.24. The fraction of sp³-hybridized carbons (Fsp3) is 0.176. The van der Waals surface area contributed by atoms with Crippen LogP contribution >= 0.6 is 11.6 Å². The van der Waals surface area contributed by atoms with Crippen LogP contribution < -0.4 is 0 Å². The predicted octanol–water partition coefficient (Wildman–Crippen LogP) is 4.89. The van der Waals surface area contributed by atoms with Gasteiger partial charge in [-0.3, -0.25) is 9.59 Å². The Morgan fingerprint density at radius 1 is 1.04 bits per heavy atom. The predicted molar refractivity (Wildman–Crippen MR) is 87.7 cm³/mol. The van der Waals surface area contributed by atoms with Crippen LogP contribution in [0.5, 0.6) is 0 Å². The van der Waals surface area contributed by atoms with Crippen molar-refractivity contribution in [3.63, 3.8) is 0 Å². The number of hydrogen-bond donors (Lipinski definition) is 0. The molecule has 0 aliphatic carbocycles. The molecule has 118 valence electrons. The number of nitrogens with zero attached hydrogens (tertiary/aromatic N) is 2. The Balaban J connectivity index is 2.18. The van der Waals surface area contributed by atoms with Gasteiger partial charge in [-0.25, -0.2) is 0 Å². The first-order chi connectivity index (χ1) is 11.1. The van der Waals surface area contributed by atoms with E-state index in [1.54, 1.807) is 55.5 Å². The highest BCUT2D eigenvalue weighted by Gasteiger charge is 2.15. The largest absolute Gasteiger partial charge is 0.466 e. The molecule has 0 N–H and O–H groups in total. The van der Waals surface area contributed by atoms with E-state index >= 15 is 0 Å². The number of esters is 1. The normalized spacial score (nSPS) is 10.7. The lowest BCUT2D eigenvalue weighted by Gasteiger charge is -2.04. The molecule has 0 atom stereocenters. The molecule has 2 aromatic carbocycles. The van der Waals surface area contributed by atoms with E-state index in [9.17, 15) is 9.59 Å². The smallest absolute Gasteiger partial charge is 0.313 e. The maximum absolute atomic E-state index is 12.2. The second-order valence-electron chi connectivity index (χ2n) is 4.60. The van der Waals surface area contributed by atoms with E-state index in [1.165, 1.54) is 0 Å². The molecular formula is C17H15ClN2O3. The van der Waals surface area contributed by atoms with Gasteiger partial charge in [0.05, 0.1) is 18.0 Å². The zero-order valence-electron chi connectivity index (χ0n) is 12.5. The highest BCUT2D eigenvalue weighted by atomic mass is 35.5. The van der Waals surface area contributed by atoms with E-state index in [4.69, 9.17) is 16.3 Å². The van der Waals surface area contributed by atoms with Crippen LogP contribution in [0.2, 0.25) is 5.02 Å². The first kappa shape index (κ1) is 16.8. The van der Waals surface area contributed by atoms with E-state index in [2.05, 4.69) is 10.2 Å². The Morgan fingerprint density at radius 2 is 1.74 bits per heavy atom. The van der Waals surface area contributed by atoms with Crippen molar-refractivity contribution in [3.8, 4) is 0 Å². The maximum atomic E-state index is 12.2. The van der Waals surface area contributed by atoms with E-state index in [1.807, 2.05) is 0 Å². The molecule has 0 saturated heterocycles. The van der Waals surface area contributed by atoms with Crippen molar-refractivity contribution in [1.29, 1.82) is 0 Å². The number of rotatable bonds is 6. The quantitative estimate of drug-likeness (QED) is 0.327. The van der Waals surface area contributed by atoms with Crippen LogP contribution in [0.25, 0.3) is 0 Å². The van der Waals surface area contributed by atoms with Gasteiger partial charge in [0.1, 0.15) is 6.42 Å². The molecule has 6 heteroatoms. The summed E-state index contributed by atoms with van der Waals surface area (Å²) >= 11 is 5.81. The number of hydrogen-bond acceptors (Lipinski definition) is 5. The molecule has 0 aliphatic rings. The monoisotopic (exact) mass is 330 g/mol. The van der Waals surface area contributed by atoms with E-state index in [-0.39, 0.29) is 18.8 Å². The van der Waals surface area contributed by atoms with Gasteiger partial charge in [-0.15, -0.1) is 5.11 Å². The summed E-state index contributed by atoms with van der Waals surface area (Å²) in [5.74, 6) is -0.906. The zero-order valence-corrected chi connectivity index (χ0v) is 13.3. The van der Waals surface area contributed by atoms with Gasteiger partial charge < -0.3 is 4.74 Å². The second-order valence-corrected chi connectivity index (χ2v) is 5.03. The van der Waals surface area contributed by atoms with Crippen molar-refractivity contribution in [2.75, 3.05) is 6.61 Å². The fourth-order valence-electron chi connectivity index (χ4n) is 1.85. The van der Waals surface area contributed by atoms with Gasteiger partial charge in [0.25, 0.3) is 0 Å². The highest BCUT2D eigenvalue weighted by molar-refractivity contribution is 6.30. The molecule has 23 heavy (non-hydrogen) atoms. The van der Waals surface area contributed by atoms with Crippen LogP contribution in [0.4, 0.5) is 11.4 Å². The lowest BCUT2D eigenvalue weighted by molar-refractivity contribution is -0.141. The summed E-state index contributed by atoms with van der Waals surface area (Å²) in [6.07, 6.45) is -0.318. The first-order valence-corrected chi connectivity index (χ1v) is 7.43. The minimum Gasteiger partial charge on any atom is -0.466 e. The van der Waals surface area contributed by atoms with Gasteiger partial charge in [-0.2, -0.15) is 5.11 Å². The number of halogens is 1. The van der Waals surface area contributed by atoms with Gasteiger partial charge in [0, 0.05) is 10.6 Å². The Kier molecular flexibility index (Phi) is 6.00. The van der Waals surface area contributed by atoms with Gasteiger partial charge in [-0.05, 0) is 43.3 Å². The second kappa shape index (κ2) is 8.19. The number of ether oxygens (including phenoxy) is 1.